The van der Waals surface area contributed by atoms with Crippen molar-refractivity contribution in [3.63, 3.8) is 0 Å². The Morgan fingerprint density at radius 2 is 2.10 bits per heavy atom. The topological polar surface area (TPSA) is 53.4 Å². The van der Waals surface area contributed by atoms with Crippen LogP contribution in [0.15, 0.2) is 46.5 Å². The Bertz CT molecular complexity index is 862. The van der Waals surface area contributed by atoms with Gasteiger partial charge < -0.3 is 4.98 Å². The second kappa shape index (κ2) is 4.01. The van der Waals surface area contributed by atoms with E-state index in [1.807, 2.05) is 6.20 Å². The van der Waals surface area contributed by atoms with Crippen molar-refractivity contribution in [3.05, 3.63) is 47.8 Å². The summed E-state index contributed by atoms with van der Waals surface area (Å²) in [5, 5.41) is 1.18. The van der Waals surface area contributed by atoms with E-state index in [9.17, 15) is 0 Å². The summed E-state index contributed by atoms with van der Waals surface area (Å²) >= 11 is 0. The first-order valence-corrected chi connectivity index (χ1v) is 7.36. The van der Waals surface area contributed by atoms with Crippen molar-refractivity contribution < 1.29 is 0 Å². The van der Waals surface area contributed by atoms with Crippen LogP contribution in [0.5, 0.6) is 0 Å². The SMILES string of the molecule is C1=CC2=NC=NC2C=C1c1c[nH]c2nc(C3CC3)ccc12. The molecule has 2 aromatic heterocycles. The van der Waals surface area contributed by atoms with Gasteiger partial charge in [0.25, 0.3) is 0 Å². The number of pyridine rings is 1. The first kappa shape index (κ1) is 11.2. The molecule has 1 N–H and O–H groups in total. The molecular formula is C17H14N4. The lowest BCUT2D eigenvalue weighted by atomic mass is 9.96. The first-order chi connectivity index (χ1) is 10.4. The van der Waals surface area contributed by atoms with Crippen LogP contribution in [0.1, 0.15) is 30.0 Å². The molecule has 0 aromatic carbocycles. The Kier molecular flexibility index (Phi) is 2.14. The molecule has 1 aliphatic heterocycles. The zero-order valence-corrected chi connectivity index (χ0v) is 11.5. The molecule has 2 aliphatic carbocycles. The fourth-order valence-corrected chi connectivity index (χ4v) is 3.04. The summed E-state index contributed by atoms with van der Waals surface area (Å²) in [6.45, 7) is 0. The molecule has 5 rings (SSSR count). The highest BCUT2D eigenvalue weighted by Gasteiger charge is 2.25. The molecule has 1 saturated carbocycles. The van der Waals surface area contributed by atoms with Gasteiger partial charge in [0, 0.05) is 28.8 Å². The van der Waals surface area contributed by atoms with Crippen LogP contribution in [0.3, 0.4) is 0 Å². The predicted octanol–water partition coefficient (Wildman–Crippen LogP) is 3.25. The van der Waals surface area contributed by atoms with E-state index in [1.54, 1.807) is 6.34 Å². The largest absolute Gasteiger partial charge is 0.346 e. The smallest absolute Gasteiger partial charge is 0.138 e. The number of fused-ring (bicyclic) bond motifs is 2. The Morgan fingerprint density at radius 3 is 3.00 bits per heavy atom. The molecule has 0 saturated heterocycles. The van der Waals surface area contributed by atoms with E-state index in [2.05, 4.69) is 45.3 Å². The van der Waals surface area contributed by atoms with Gasteiger partial charge in [0.1, 0.15) is 18.0 Å². The van der Waals surface area contributed by atoms with E-state index in [0.717, 1.165) is 11.4 Å². The van der Waals surface area contributed by atoms with Gasteiger partial charge in [0.15, 0.2) is 0 Å². The molecule has 1 unspecified atom stereocenters. The minimum Gasteiger partial charge on any atom is -0.346 e. The highest BCUT2D eigenvalue weighted by molar-refractivity contribution is 6.12. The van der Waals surface area contributed by atoms with Crippen molar-refractivity contribution in [1.29, 1.82) is 0 Å². The summed E-state index contributed by atoms with van der Waals surface area (Å²) in [6.07, 6.45) is 12.6. The molecule has 3 heterocycles. The Balaban J connectivity index is 1.60. The number of aliphatic imine (C=N–C) groups is 2. The number of hydrogen-bond acceptors (Lipinski definition) is 3. The molecule has 0 amide bonds. The highest BCUT2D eigenvalue weighted by Crippen LogP contribution is 2.40. The predicted molar refractivity (Wildman–Crippen MR) is 84.9 cm³/mol. The fraction of sp³-hybridized carbons (Fsp3) is 0.235. The third-order valence-electron chi connectivity index (χ3n) is 4.37. The summed E-state index contributed by atoms with van der Waals surface area (Å²) in [7, 11) is 0. The van der Waals surface area contributed by atoms with Crippen molar-refractivity contribution in [3.8, 4) is 0 Å². The second-order valence-corrected chi connectivity index (χ2v) is 5.83. The van der Waals surface area contributed by atoms with Gasteiger partial charge in [-0.2, -0.15) is 0 Å². The van der Waals surface area contributed by atoms with Crippen LogP contribution < -0.4 is 0 Å². The van der Waals surface area contributed by atoms with Crippen LogP contribution >= 0.6 is 0 Å². The number of H-pyrrole nitrogens is 1. The van der Waals surface area contributed by atoms with Crippen LogP contribution in [-0.4, -0.2) is 28.1 Å². The van der Waals surface area contributed by atoms with Crippen LogP contribution in [0.4, 0.5) is 0 Å². The molecule has 0 spiro atoms. The highest BCUT2D eigenvalue weighted by atomic mass is 15.0. The van der Waals surface area contributed by atoms with E-state index < -0.39 is 0 Å². The molecule has 102 valence electrons. The zero-order valence-electron chi connectivity index (χ0n) is 11.5. The Morgan fingerprint density at radius 1 is 1.14 bits per heavy atom. The molecule has 4 heteroatoms. The van der Waals surface area contributed by atoms with Gasteiger partial charge in [0.2, 0.25) is 0 Å². The van der Waals surface area contributed by atoms with Crippen LogP contribution in [0.2, 0.25) is 0 Å². The van der Waals surface area contributed by atoms with Crippen LogP contribution in [-0.2, 0) is 0 Å². The average Bonchev–Trinajstić information content (AvgIpc) is 3.11. The van der Waals surface area contributed by atoms with Crippen molar-refractivity contribution >= 4 is 28.7 Å². The quantitative estimate of drug-likeness (QED) is 0.898. The second-order valence-electron chi connectivity index (χ2n) is 5.83. The maximum Gasteiger partial charge on any atom is 0.138 e. The van der Waals surface area contributed by atoms with Crippen molar-refractivity contribution in [2.24, 2.45) is 9.98 Å². The maximum atomic E-state index is 4.76. The molecule has 2 aromatic rings. The summed E-state index contributed by atoms with van der Waals surface area (Å²) in [4.78, 5) is 16.7. The van der Waals surface area contributed by atoms with Gasteiger partial charge in [-0.3, -0.25) is 4.99 Å². The lowest BCUT2D eigenvalue weighted by molar-refractivity contribution is 1.04. The molecule has 0 bridgehead atoms. The van der Waals surface area contributed by atoms with E-state index in [0.29, 0.717) is 5.92 Å². The van der Waals surface area contributed by atoms with Crippen LogP contribution in [0, 0.1) is 0 Å². The zero-order chi connectivity index (χ0) is 13.8. The van der Waals surface area contributed by atoms with E-state index >= 15 is 0 Å². The number of aromatic nitrogens is 2. The number of hydrogen-bond donors (Lipinski definition) is 1. The maximum absolute atomic E-state index is 4.76. The molecule has 1 atom stereocenters. The summed E-state index contributed by atoms with van der Waals surface area (Å²) in [6, 6.07) is 4.44. The molecule has 0 radical (unpaired) electrons. The number of aromatic amines is 1. The summed E-state index contributed by atoms with van der Waals surface area (Å²) < 4.78 is 0. The number of rotatable bonds is 2. The third-order valence-corrected chi connectivity index (χ3v) is 4.37. The molecular weight excluding hydrogens is 260 g/mol. The molecule has 4 nitrogen and oxygen atoms in total. The standard InChI is InChI=1S/C17H14N4/c1-2-10(1)14-6-4-12-13(8-18-17(12)21-14)11-3-5-15-16(7-11)20-9-19-15/h3-10,16H,1-2H2,(H,18,21). The van der Waals surface area contributed by atoms with Gasteiger partial charge in [-0.1, -0.05) is 6.08 Å². The summed E-state index contributed by atoms with van der Waals surface area (Å²) in [5.74, 6) is 0.682. The minimum absolute atomic E-state index is 0.0775. The van der Waals surface area contributed by atoms with Crippen molar-refractivity contribution in [2.75, 3.05) is 0 Å². The molecule has 21 heavy (non-hydrogen) atoms. The Hall–Kier alpha value is -2.49. The first-order valence-electron chi connectivity index (χ1n) is 7.36. The van der Waals surface area contributed by atoms with Gasteiger partial charge >= 0.3 is 0 Å². The van der Waals surface area contributed by atoms with Gasteiger partial charge in [-0.25, -0.2) is 9.98 Å². The van der Waals surface area contributed by atoms with E-state index in [-0.39, 0.29) is 6.04 Å². The molecule has 1 fully saturated rings. The minimum atomic E-state index is 0.0775. The van der Waals surface area contributed by atoms with Gasteiger partial charge in [-0.15, -0.1) is 0 Å². The Labute approximate surface area is 122 Å². The monoisotopic (exact) mass is 274 g/mol. The summed E-state index contributed by atoms with van der Waals surface area (Å²) in [5.41, 5.74) is 5.60. The van der Waals surface area contributed by atoms with Gasteiger partial charge in [-0.05, 0) is 42.7 Å². The molecule has 3 aliphatic rings. The normalized spacial score (nSPS) is 23.3. The van der Waals surface area contributed by atoms with Crippen molar-refractivity contribution in [1.82, 2.24) is 9.97 Å². The number of nitrogens with one attached hydrogen (secondary N) is 1. The lowest BCUT2D eigenvalue weighted by Crippen LogP contribution is -2.13. The average molecular weight is 274 g/mol. The lowest BCUT2D eigenvalue weighted by Gasteiger charge is -2.11. The van der Waals surface area contributed by atoms with Crippen molar-refractivity contribution in [2.45, 2.75) is 24.8 Å². The van der Waals surface area contributed by atoms with E-state index in [4.69, 9.17) is 4.98 Å². The van der Waals surface area contributed by atoms with E-state index in [1.165, 1.54) is 35.1 Å². The number of allylic oxidation sites excluding steroid dienone is 2. The van der Waals surface area contributed by atoms with Gasteiger partial charge in [0.05, 0.1) is 5.71 Å². The third kappa shape index (κ3) is 1.72. The van der Waals surface area contributed by atoms with Crippen LogP contribution in [0.25, 0.3) is 16.6 Å². The fourth-order valence-electron chi connectivity index (χ4n) is 3.04. The number of nitrogens with zero attached hydrogens (tertiary/aromatic N) is 3.